The van der Waals surface area contributed by atoms with Crippen LogP contribution in [0.5, 0.6) is 0 Å². The molecule has 0 aliphatic heterocycles. The van der Waals surface area contributed by atoms with E-state index in [4.69, 9.17) is 11.1 Å². The van der Waals surface area contributed by atoms with E-state index in [9.17, 15) is 4.79 Å². The summed E-state index contributed by atoms with van der Waals surface area (Å²) in [6.07, 6.45) is 2.02. The molecule has 1 aliphatic rings. The zero-order valence-electron chi connectivity index (χ0n) is 13.0. The molecule has 22 heavy (non-hydrogen) atoms. The van der Waals surface area contributed by atoms with Gasteiger partial charge in [-0.25, -0.2) is 0 Å². The standard InChI is InChI=1S/C18H21N3O/c1-11(2)12-3-5-13(6-4-12)16-10-9-15(17(19)20)18(22)21(16)14-7-8-14/h3-6,9-11,14H,7-8H2,1-2H3,(H3,19,20). The van der Waals surface area contributed by atoms with Crippen LogP contribution < -0.4 is 11.3 Å². The SMILES string of the molecule is CC(C)c1ccc(-c2ccc(C(=N)N)c(=O)n2C2CC2)cc1. The lowest BCUT2D eigenvalue weighted by Gasteiger charge is -2.15. The molecule has 1 aromatic carbocycles. The van der Waals surface area contributed by atoms with Crippen LogP contribution in [0.15, 0.2) is 41.2 Å². The highest BCUT2D eigenvalue weighted by atomic mass is 16.1. The lowest BCUT2D eigenvalue weighted by molar-refractivity contribution is 0.714. The first-order valence-electron chi connectivity index (χ1n) is 7.69. The van der Waals surface area contributed by atoms with Crippen LogP contribution in [0.1, 0.15) is 49.8 Å². The Morgan fingerprint density at radius 1 is 1.18 bits per heavy atom. The lowest BCUT2D eigenvalue weighted by Crippen LogP contribution is -2.30. The normalized spacial score (nSPS) is 14.3. The van der Waals surface area contributed by atoms with Crippen molar-refractivity contribution < 1.29 is 0 Å². The van der Waals surface area contributed by atoms with Gasteiger partial charge in [-0.15, -0.1) is 0 Å². The van der Waals surface area contributed by atoms with Gasteiger partial charge in [0.2, 0.25) is 0 Å². The molecule has 0 spiro atoms. The summed E-state index contributed by atoms with van der Waals surface area (Å²) in [6.45, 7) is 4.33. The summed E-state index contributed by atoms with van der Waals surface area (Å²) < 4.78 is 1.81. The molecule has 0 saturated heterocycles. The summed E-state index contributed by atoms with van der Waals surface area (Å²) in [6, 6.07) is 12.2. The van der Waals surface area contributed by atoms with E-state index in [1.807, 2.05) is 6.07 Å². The Morgan fingerprint density at radius 3 is 2.32 bits per heavy atom. The number of amidine groups is 1. The lowest BCUT2D eigenvalue weighted by atomic mass is 10.0. The second kappa shape index (κ2) is 5.44. The van der Waals surface area contributed by atoms with Crippen LogP contribution in [0.3, 0.4) is 0 Å². The fourth-order valence-electron chi connectivity index (χ4n) is 2.73. The van der Waals surface area contributed by atoms with Gasteiger partial charge in [0.1, 0.15) is 5.84 Å². The predicted molar refractivity (Wildman–Crippen MR) is 89.5 cm³/mol. The van der Waals surface area contributed by atoms with E-state index in [-0.39, 0.29) is 23.0 Å². The molecule has 1 fully saturated rings. The van der Waals surface area contributed by atoms with Gasteiger partial charge in [-0.1, -0.05) is 38.1 Å². The highest BCUT2D eigenvalue weighted by Crippen LogP contribution is 2.37. The molecule has 1 aliphatic carbocycles. The largest absolute Gasteiger partial charge is 0.384 e. The number of benzene rings is 1. The van der Waals surface area contributed by atoms with Gasteiger partial charge in [0.05, 0.1) is 11.3 Å². The van der Waals surface area contributed by atoms with Crippen molar-refractivity contribution in [1.29, 1.82) is 5.41 Å². The van der Waals surface area contributed by atoms with Crippen molar-refractivity contribution in [3.05, 3.63) is 57.9 Å². The van der Waals surface area contributed by atoms with Crippen LogP contribution in [0, 0.1) is 5.41 Å². The fraction of sp³-hybridized carbons (Fsp3) is 0.333. The molecule has 0 radical (unpaired) electrons. The van der Waals surface area contributed by atoms with Crippen molar-refractivity contribution in [3.63, 3.8) is 0 Å². The van der Waals surface area contributed by atoms with Crippen molar-refractivity contribution in [1.82, 2.24) is 4.57 Å². The van der Waals surface area contributed by atoms with Gasteiger partial charge in [-0.3, -0.25) is 10.2 Å². The highest BCUT2D eigenvalue weighted by Gasteiger charge is 2.28. The van der Waals surface area contributed by atoms with E-state index in [2.05, 4.69) is 38.1 Å². The van der Waals surface area contributed by atoms with Crippen molar-refractivity contribution in [2.75, 3.05) is 0 Å². The maximum Gasteiger partial charge on any atom is 0.262 e. The number of rotatable bonds is 4. The van der Waals surface area contributed by atoms with Gasteiger partial charge in [0, 0.05) is 6.04 Å². The Labute approximate surface area is 130 Å². The Bertz CT molecular complexity index is 768. The third-order valence-electron chi connectivity index (χ3n) is 4.19. The number of pyridine rings is 1. The number of hydrogen-bond donors (Lipinski definition) is 2. The van der Waals surface area contributed by atoms with Gasteiger partial charge in [-0.2, -0.15) is 0 Å². The second-order valence-electron chi connectivity index (χ2n) is 6.23. The van der Waals surface area contributed by atoms with Gasteiger partial charge in [-0.05, 0) is 42.0 Å². The Morgan fingerprint density at radius 2 is 1.82 bits per heavy atom. The first kappa shape index (κ1) is 14.6. The number of aromatic nitrogens is 1. The van der Waals surface area contributed by atoms with Crippen molar-refractivity contribution in [3.8, 4) is 11.3 Å². The summed E-state index contributed by atoms with van der Waals surface area (Å²) in [5.74, 6) is 0.320. The summed E-state index contributed by atoms with van der Waals surface area (Å²) in [5, 5.41) is 7.55. The smallest absolute Gasteiger partial charge is 0.262 e. The average molecular weight is 295 g/mol. The van der Waals surface area contributed by atoms with E-state index in [1.165, 1.54) is 5.56 Å². The highest BCUT2D eigenvalue weighted by molar-refractivity contribution is 5.94. The van der Waals surface area contributed by atoms with Crippen LogP contribution in [0.25, 0.3) is 11.3 Å². The van der Waals surface area contributed by atoms with Gasteiger partial charge >= 0.3 is 0 Å². The van der Waals surface area contributed by atoms with Crippen LogP contribution in [-0.4, -0.2) is 10.4 Å². The van der Waals surface area contributed by atoms with Gasteiger partial charge in [0.25, 0.3) is 5.56 Å². The van der Waals surface area contributed by atoms with Gasteiger partial charge in [0.15, 0.2) is 0 Å². The molecule has 0 unspecified atom stereocenters. The predicted octanol–water partition coefficient (Wildman–Crippen LogP) is 3.26. The number of nitrogen functional groups attached to an aromatic ring is 1. The van der Waals surface area contributed by atoms with E-state index < -0.39 is 0 Å². The molecule has 1 heterocycles. The topological polar surface area (TPSA) is 71.9 Å². The maximum absolute atomic E-state index is 12.6. The minimum atomic E-state index is -0.166. The monoisotopic (exact) mass is 295 g/mol. The molecule has 2 aromatic rings. The first-order valence-corrected chi connectivity index (χ1v) is 7.69. The summed E-state index contributed by atoms with van der Waals surface area (Å²) in [5.41, 5.74) is 8.87. The quantitative estimate of drug-likeness (QED) is 0.671. The molecule has 0 atom stereocenters. The van der Waals surface area contributed by atoms with Crippen molar-refractivity contribution in [2.45, 2.75) is 38.6 Å². The summed E-state index contributed by atoms with van der Waals surface area (Å²) in [7, 11) is 0. The first-order chi connectivity index (χ1) is 10.5. The zero-order valence-corrected chi connectivity index (χ0v) is 13.0. The van der Waals surface area contributed by atoms with Crippen LogP contribution in [0.4, 0.5) is 0 Å². The zero-order chi connectivity index (χ0) is 15.9. The molecule has 3 N–H and O–H groups in total. The van der Waals surface area contributed by atoms with E-state index in [0.717, 1.165) is 24.1 Å². The summed E-state index contributed by atoms with van der Waals surface area (Å²) >= 11 is 0. The van der Waals surface area contributed by atoms with Gasteiger partial charge < -0.3 is 10.3 Å². The third kappa shape index (κ3) is 2.56. The Balaban J connectivity index is 2.12. The molecule has 3 rings (SSSR count). The Kier molecular flexibility index (Phi) is 3.61. The van der Waals surface area contributed by atoms with Crippen LogP contribution in [-0.2, 0) is 0 Å². The minimum Gasteiger partial charge on any atom is -0.384 e. The minimum absolute atomic E-state index is 0.152. The number of nitrogens with two attached hydrogens (primary N) is 1. The molecule has 1 aromatic heterocycles. The second-order valence-corrected chi connectivity index (χ2v) is 6.23. The van der Waals surface area contributed by atoms with E-state index in [0.29, 0.717) is 5.92 Å². The molecular formula is C18H21N3O. The fourth-order valence-corrected chi connectivity index (χ4v) is 2.73. The number of nitrogens with zero attached hydrogens (tertiary/aromatic N) is 1. The van der Waals surface area contributed by atoms with E-state index in [1.54, 1.807) is 10.6 Å². The molecule has 0 amide bonds. The third-order valence-corrected chi connectivity index (χ3v) is 4.19. The molecule has 0 bridgehead atoms. The number of nitrogens with one attached hydrogen (secondary N) is 1. The van der Waals surface area contributed by atoms with Crippen molar-refractivity contribution >= 4 is 5.84 Å². The van der Waals surface area contributed by atoms with Crippen LogP contribution >= 0.6 is 0 Å². The van der Waals surface area contributed by atoms with E-state index >= 15 is 0 Å². The maximum atomic E-state index is 12.6. The summed E-state index contributed by atoms with van der Waals surface area (Å²) in [4.78, 5) is 12.6. The molecular weight excluding hydrogens is 274 g/mol. The molecule has 114 valence electrons. The van der Waals surface area contributed by atoms with Crippen molar-refractivity contribution in [2.24, 2.45) is 5.73 Å². The Hall–Kier alpha value is -2.36. The van der Waals surface area contributed by atoms with Crippen LogP contribution in [0.2, 0.25) is 0 Å². The molecule has 4 heteroatoms. The number of hydrogen-bond acceptors (Lipinski definition) is 2. The molecule has 1 saturated carbocycles. The molecule has 4 nitrogen and oxygen atoms in total. The average Bonchev–Trinajstić information content (AvgIpc) is 3.31.